The predicted octanol–water partition coefficient (Wildman–Crippen LogP) is 3.03. The molecule has 2 heterocycles. The summed E-state index contributed by atoms with van der Waals surface area (Å²) in [6.07, 6.45) is 2.75. The Morgan fingerprint density at radius 2 is 1.91 bits per heavy atom. The highest BCUT2D eigenvalue weighted by atomic mass is 16.5. The van der Waals surface area contributed by atoms with Gasteiger partial charge in [0.05, 0.1) is 20.3 Å². The Labute approximate surface area is 139 Å². The van der Waals surface area contributed by atoms with E-state index in [2.05, 4.69) is 30.9 Å². The van der Waals surface area contributed by atoms with E-state index >= 15 is 0 Å². The predicted molar refractivity (Wildman–Crippen MR) is 91.1 cm³/mol. The average Bonchev–Trinajstić information content (AvgIpc) is 2.53. The molecular formula is C19H29NO3. The van der Waals surface area contributed by atoms with Crippen molar-refractivity contribution in [2.75, 3.05) is 27.3 Å². The molecule has 1 saturated heterocycles. The molecule has 23 heavy (non-hydrogen) atoms. The fraction of sp³-hybridized carbons (Fsp3) is 0.684. The van der Waals surface area contributed by atoms with Gasteiger partial charge in [0.1, 0.15) is 0 Å². The number of aliphatic hydroxyl groups excluding tert-OH is 1. The van der Waals surface area contributed by atoms with Crippen LogP contribution in [-0.2, 0) is 6.42 Å². The summed E-state index contributed by atoms with van der Waals surface area (Å²) >= 11 is 0. The van der Waals surface area contributed by atoms with Crippen LogP contribution in [0.5, 0.6) is 11.5 Å². The Morgan fingerprint density at radius 3 is 2.57 bits per heavy atom. The maximum absolute atomic E-state index is 10.6. The number of nitrogens with zero attached hydrogens (tertiary/aromatic N) is 1. The van der Waals surface area contributed by atoms with Crippen molar-refractivity contribution in [3.63, 3.8) is 0 Å². The van der Waals surface area contributed by atoms with Crippen LogP contribution < -0.4 is 9.47 Å². The number of fused-ring (bicyclic) bond motifs is 3. The van der Waals surface area contributed by atoms with Crippen molar-refractivity contribution in [3.05, 3.63) is 23.3 Å². The second-order valence-electron chi connectivity index (χ2n) is 7.36. The zero-order chi connectivity index (χ0) is 16.6. The standard InChI is InChI=1S/C19H29NO3/c1-12(2)7-14-11-20-6-5-13-8-18(22-3)19(23-4)9-15(13)16(20)10-17(14)21/h8-9,12,14,16-17,21H,5-7,10-11H2,1-4H3/t14-,16+,17?/m0/s1. The molecule has 3 atom stereocenters. The maximum Gasteiger partial charge on any atom is 0.161 e. The summed E-state index contributed by atoms with van der Waals surface area (Å²) in [4.78, 5) is 2.55. The lowest BCUT2D eigenvalue weighted by Crippen LogP contribution is -2.48. The van der Waals surface area contributed by atoms with Gasteiger partial charge in [-0.3, -0.25) is 4.90 Å². The molecule has 0 radical (unpaired) electrons. The summed E-state index contributed by atoms with van der Waals surface area (Å²) in [5, 5.41) is 10.6. The molecule has 0 bridgehead atoms. The summed E-state index contributed by atoms with van der Waals surface area (Å²) in [6, 6.07) is 4.52. The maximum atomic E-state index is 10.6. The molecule has 0 aliphatic carbocycles. The molecule has 0 aromatic heterocycles. The van der Waals surface area contributed by atoms with E-state index in [-0.39, 0.29) is 6.10 Å². The number of aliphatic hydroxyl groups is 1. The number of rotatable bonds is 4. The topological polar surface area (TPSA) is 41.9 Å². The summed E-state index contributed by atoms with van der Waals surface area (Å²) < 4.78 is 10.9. The van der Waals surface area contributed by atoms with Crippen LogP contribution in [0.1, 0.15) is 43.9 Å². The first-order valence-corrected chi connectivity index (χ1v) is 8.70. The third-order valence-electron chi connectivity index (χ3n) is 5.37. The van der Waals surface area contributed by atoms with Gasteiger partial charge in [-0.1, -0.05) is 13.8 Å². The number of piperidine rings is 1. The number of hydrogen-bond acceptors (Lipinski definition) is 4. The van der Waals surface area contributed by atoms with E-state index in [1.807, 2.05) is 0 Å². The molecule has 0 spiro atoms. The Hall–Kier alpha value is -1.26. The molecule has 1 N–H and O–H groups in total. The van der Waals surface area contributed by atoms with Crippen molar-refractivity contribution in [3.8, 4) is 11.5 Å². The minimum atomic E-state index is -0.210. The minimum absolute atomic E-state index is 0.210. The highest BCUT2D eigenvalue weighted by molar-refractivity contribution is 5.49. The van der Waals surface area contributed by atoms with E-state index in [4.69, 9.17) is 9.47 Å². The second-order valence-corrected chi connectivity index (χ2v) is 7.36. The van der Waals surface area contributed by atoms with Crippen LogP contribution >= 0.6 is 0 Å². The molecule has 1 aromatic rings. The first-order valence-electron chi connectivity index (χ1n) is 8.70. The molecule has 4 nitrogen and oxygen atoms in total. The Kier molecular flexibility index (Phi) is 4.83. The smallest absolute Gasteiger partial charge is 0.161 e. The lowest BCUT2D eigenvalue weighted by Gasteiger charge is -2.46. The number of hydrogen-bond donors (Lipinski definition) is 1. The second kappa shape index (κ2) is 6.70. The first kappa shape index (κ1) is 16.6. The Bertz CT molecular complexity index is 558. The molecule has 3 rings (SSSR count). The summed E-state index contributed by atoms with van der Waals surface area (Å²) in [5.74, 6) is 2.61. The van der Waals surface area contributed by atoms with Gasteiger partial charge in [0, 0.05) is 19.1 Å². The summed E-state index contributed by atoms with van der Waals surface area (Å²) in [5.41, 5.74) is 2.63. The molecule has 2 aliphatic rings. The van der Waals surface area contributed by atoms with Crippen molar-refractivity contribution >= 4 is 0 Å². The van der Waals surface area contributed by atoms with Crippen LogP contribution in [0, 0.1) is 11.8 Å². The van der Waals surface area contributed by atoms with Crippen LogP contribution in [0.25, 0.3) is 0 Å². The van der Waals surface area contributed by atoms with Crippen molar-refractivity contribution < 1.29 is 14.6 Å². The molecule has 1 aromatic carbocycles. The van der Waals surface area contributed by atoms with Gasteiger partial charge in [0.15, 0.2) is 11.5 Å². The van der Waals surface area contributed by atoms with Gasteiger partial charge in [-0.25, -0.2) is 0 Å². The minimum Gasteiger partial charge on any atom is -0.493 e. The van der Waals surface area contributed by atoms with Crippen LogP contribution in [0.4, 0.5) is 0 Å². The van der Waals surface area contributed by atoms with E-state index in [0.29, 0.717) is 17.9 Å². The largest absolute Gasteiger partial charge is 0.493 e. The van der Waals surface area contributed by atoms with Gasteiger partial charge >= 0.3 is 0 Å². The van der Waals surface area contributed by atoms with E-state index in [1.54, 1.807) is 14.2 Å². The molecule has 1 unspecified atom stereocenters. The molecule has 1 fully saturated rings. The van der Waals surface area contributed by atoms with E-state index in [9.17, 15) is 5.11 Å². The third kappa shape index (κ3) is 3.20. The van der Waals surface area contributed by atoms with Crippen molar-refractivity contribution in [1.82, 2.24) is 4.90 Å². The number of benzene rings is 1. The molecule has 4 heteroatoms. The van der Waals surface area contributed by atoms with E-state index in [1.165, 1.54) is 11.1 Å². The quantitative estimate of drug-likeness (QED) is 0.926. The van der Waals surface area contributed by atoms with E-state index < -0.39 is 0 Å². The van der Waals surface area contributed by atoms with Gasteiger partial charge in [-0.15, -0.1) is 0 Å². The van der Waals surface area contributed by atoms with Crippen molar-refractivity contribution in [2.24, 2.45) is 11.8 Å². The molecule has 2 aliphatic heterocycles. The Morgan fingerprint density at radius 1 is 1.22 bits per heavy atom. The molecule has 0 saturated carbocycles. The lowest BCUT2D eigenvalue weighted by molar-refractivity contribution is -0.0191. The highest BCUT2D eigenvalue weighted by Crippen LogP contribution is 2.43. The van der Waals surface area contributed by atoms with Gasteiger partial charge in [0.25, 0.3) is 0 Å². The highest BCUT2D eigenvalue weighted by Gasteiger charge is 2.38. The SMILES string of the molecule is COc1cc2c(cc1OC)[C@H]1CC(O)[C@@H](CC(C)C)CN1CC2. The average molecular weight is 319 g/mol. The van der Waals surface area contributed by atoms with Gasteiger partial charge < -0.3 is 14.6 Å². The molecule has 128 valence electrons. The van der Waals surface area contributed by atoms with Crippen LogP contribution in [0.3, 0.4) is 0 Å². The normalized spacial score (nSPS) is 27.5. The zero-order valence-corrected chi connectivity index (χ0v) is 14.7. The summed E-state index contributed by atoms with van der Waals surface area (Å²) in [6.45, 7) is 6.54. The van der Waals surface area contributed by atoms with E-state index in [0.717, 1.165) is 43.9 Å². The van der Waals surface area contributed by atoms with Crippen LogP contribution in [0.2, 0.25) is 0 Å². The lowest BCUT2D eigenvalue weighted by atomic mass is 9.79. The van der Waals surface area contributed by atoms with Crippen LogP contribution in [0.15, 0.2) is 12.1 Å². The van der Waals surface area contributed by atoms with Crippen molar-refractivity contribution in [2.45, 2.75) is 45.3 Å². The van der Waals surface area contributed by atoms with Gasteiger partial charge in [-0.2, -0.15) is 0 Å². The van der Waals surface area contributed by atoms with Crippen molar-refractivity contribution in [1.29, 1.82) is 0 Å². The Balaban J connectivity index is 1.87. The number of ether oxygens (including phenoxy) is 2. The zero-order valence-electron chi connectivity index (χ0n) is 14.7. The van der Waals surface area contributed by atoms with Gasteiger partial charge in [0.2, 0.25) is 0 Å². The fourth-order valence-corrected chi connectivity index (χ4v) is 4.26. The molecular weight excluding hydrogens is 290 g/mol. The number of methoxy groups -OCH3 is 2. The monoisotopic (exact) mass is 319 g/mol. The molecule has 0 amide bonds. The fourth-order valence-electron chi connectivity index (χ4n) is 4.26. The van der Waals surface area contributed by atoms with Gasteiger partial charge in [-0.05, 0) is 54.4 Å². The van der Waals surface area contributed by atoms with Crippen LogP contribution in [-0.4, -0.2) is 43.4 Å². The summed E-state index contributed by atoms with van der Waals surface area (Å²) in [7, 11) is 3.36. The third-order valence-corrected chi connectivity index (χ3v) is 5.37. The first-order chi connectivity index (χ1) is 11.0.